The van der Waals surface area contributed by atoms with Crippen molar-refractivity contribution in [1.82, 2.24) is 20.0 Å². The van der Waals surface area contributed by atoms with Gasteiger partial charge in [-0.15, -0.1) is 0 Å². The Bertz CT molecular complexity index is 1010. The molecule has 5 rings (SSSR count). The van der Waals surface area contributed by atoms with Crippen LogP contribution in [0.25, 0.3) is 0 Å². The molecule has 2 aliphatic heterocycles. The highest BCUT2D eigenvalue weighted by molar-refractivity contribution is 5.94. The largest absolute Gasteiger partial charge is 0.361 e. The van der Waals surface area contributed by atoms with Crippen LogP contribution >= 0.6 is 0 Å². The molecule has 2 aliphatic rings. The van der Waals surface area contributed by atoms with Crippen molar-refractivity contribution in [2.24, 2.45) is 0 Å². The van der Waals surface area contributed by atoms with Gasteiger partial charge in [0, 0.05) is 43.1 Å². The number of rotatable bonds is 2. The van der Waals surface area contributed by atoms with E-state index in [0.29, 0.717) is 24.4 Å². The average Bonchev–Trinajstić information content (AvgIpc) is 3.31. The highest BCUT2D eigenvalue weighted by atomic mass is 16.5. The van der Waals surface area contributed by atoms with Crippen molar-refractivity contribution in [3.63, 3.8) is 0 Å². The molecular weight excluding hydrogens is 354 g/mol. The molecule has 0 N–H and O–H groups in total. The number of para-hydroxylation sites is 1. The molecular formula is C21H21N5O2. The van der Waals surface area contributed by atoms with Gasteiger partial charge in [0.25, 0.3) is 5.91 Å². The number of amides is 1. The van der Waals surface area contributed by atoms with Crippen LogP contribution in [0.15, 0.2) is 53.4 Å². The van der Waals surface area contributed by atoms with Gasteiger partial charge in [-0.2, -0.15) is 0 Å². The minimum absolute atomic E-state index is 0.00290. The second-order valence-corrected chi connectivity index (χ2v) is 7.52. The number of likely N-dealkylation sites (tertiary alicyclic amines) is 1. The molecule has 1 saturated heterocycles. The maximum Gasteiger partial charge on any atom is 0.259 e. The number of hydrogen-bond donors (Lipinski definition) is 0. The summed E-state index contributed by atoms with van der Waals surface area (Å²) in [5.74, 6) is 1.30. The number of carbonyl (C=O) groups is 1. The Kier molecular flexibility index (Phi) is 3.89. The van der Waals surface area contributed by atoms with Crippen LogP contribution < -0.4 is 4.90 Å². The van der Waals surface area contributed by atoms with E-state index in [1.165, 1.54) is 17.4 Å². The highest BCUT2D eigenvalue weighted by Gasteiger charge is 2.46. The van der Waals surface area contributed by atoms with E-state index in [4.69, 9.17) is 4.52 Å². The second kappa shape index (κ2) is 6.44. The Morgan fingerprint density at radius 2 is 1.86 bits per heavy atom. The Labute approximate surface area is 163 Å². The minimum Gasteiger partial charge on any atom is -0.361 e. The lowest BCUT2D eigenvalue weighted by Crippen LogP contribution is -2.47. The summed E-state index contributed by atoms with van der Waals surface area (Å²) in [5.41, 5.74) is 3.07. The SMILES string of the molecule is Cc1oncc1C(=O)N1CCC2(CC1)CN(c1ncccn1)c1ccccc12. The first-order valence-corrected chi connectivity index (χ1v) is 9.53. The number of piperidine rings is 1. The number of fused-ring (bicyclic) bond motifs is 2. The van der Waals surface area contributed by atoms with Crippen molar-refractivity contribution in [2.45, 2.75) is 25.2 Å². The summed E-state index contributed by atoms with van der Waals surface area (Å²) in [5, 5.41) is 3.74. The summed E-state index contributed by atoms with van der Waals surface area (Å²) in [4.78, 5) is 25.8. The van der Waals surface area contributed by atoms with E-state index in [0.717, 1.165) is 25.3 Å². The van der Waals surface area contributed by atoms with Gasteiger partial charge in [-0.05, 0) is 37.5 Å². The summed E-state index contributed by atoms with van der Waals surface area (Å²) in [6.07, 6.45) is 6.88. The van der Waals surface area contributed by atoms with Crippen molar-refractivity contribution in [3.05, 3.63) is 65.8 Å². The summed E-state index contributed by atoms with van der Waals surface area (Å²) >= 11 is 0. The first-order chi connectivity index (χ1) is 13.7. The summed E-state index contributed by atoms with van der Waals surface area (Å²) in [7, 11) is 0. The van der Waals surface area contributed by atoms with Gasteiger partial charge >= 0.3 is 0 Å². The van der Waals surface area contributed by atoms with E-state index in [2.05, 4.69) is 44.3 Å². The van der Waals surface area contributed by atoms with Crippen LogP contribution in [0.2, 0.25) is 0 Å². The third kappa shape index (κ3) is 2.58. The number of benzene rings is 1. The molecule has 7 heteroatoms. The molecule has 1 fully saturated rings. The number of nitrogens with zero attached hydrogens (tertiary/aromatic N) is 5. The zero-order valence-electron chi connectivity index (χ0n) is 15.7. The van der Waals surface area contributed by atoms with Crippen molar-refractivity contribution in [3.8, 4) is 0 Å². The first-order valence-electron chi connectivity index (χ1n) is 9.53. The van der Waals surface area contributed by atoms with Gasteiger partial charge in [0.05, 0.1) is 6.20 Å². The first kappa shape index (κ1) is 16.9. The third-order valence-corrected chi connectivity index (χ3v) is 6.01. The molecule has 2 aromatic heterocycles. The zero-order valence-corrected chi connectivity index (χ0v) is 15.7. The van der Waals surface area contributed by atoms with Crippen LogP contribution in [-0.4, -0.2) is 45.6 Å². The van der Waals surface area contributed by atoms with Crippen molar-refractivity contribution >= 4 is 17.5 Å². The molecule has 1 aromatic carbocycles. The maximum absolute atomic E-state index is 12.8. The molecule has 0 atom stereocenters. The second-order valence-electron chi connectivity index (χ2n) is 7.52. The maximum atomic E-state index is 12.8. The van der Waals surface area contributed by atoms with Crippen LogP contribution in [0.3, 0.4) is 0 Å². The van der Waals surface area contributed by atoms with Gasteiger partial charge in [0.1, 0.15) is 11.3 Å². The van der Waals surface area contributed by atoms with Crippen LogP contribution in [0.1, 0.15) is 34.5 Å². The van der Waals surface area contributed by atoms with E-state index in [9.17, 15) is 4.79 Å². The van der Waals surface area contributed by atoms with Crippen molar-refractivity contribution in [1.29, 1.82) is 0 Å². The standard InChI is InChI=1S/C21H21N5O2/c1-15-16(13-24-28-15)19(27)25-11-7-21(8-12-25)14-26(20-22-9-4-10-23-20)18-6-3-2-5-17(18)21/h2-6,9-10,13H,7-8,11-12,14H2,1H3. The Balaban J connectivity index is 1.41. The Hall–Kier alpha value is -3.22. The number of carbonyl (C=O) groups excluding carboxylic acids is 1. The van der Waals surface area contributed by atoms with Crippen LogP contribution in [0.5, 0.6) is 0 Å². The van der Waals surface area contributed by atoms with Gasteiger partial charge in [-0.25, -0.2) is 9.97 Å². The molecule has 3 aromatic rings. The Morgan fingerprint density at radius 3 is 2.57 bits per heavy atom. The van der Waals surface area contributed by atoms with E-state index in [1.807, 2.05) is 11.0 Å². The average molecular weight is 375 g/mol. The lowest BCUT2D eigenvalue weighted by molar-refractivity contribution is 0.0673. The monoisotopic (exact) mass is 375 g/mol. The fourth-order valence-electron chi connectivity index (χ4n) is 4.48. The molecule has 0 radical (unpaired) electrons. The molecule has 28 heavy (non-hydrogen) atoms. The molecule has 0 aliphatic carbocycles. The summed E-state index contributed by atoms with van der Waals surface area (Å²) in [6.45, 7) is 4.03. The van der Waals surface area contributed by atoms with Crippen molar-refractivity contribution in [2.75, 3.05) is 24.5 Å². The predicted molar refractivity (Wildman–Crippen MR) is 104 cm³/mol. The minimum atomic E-state index is 0.00290. The molecule has 0 saturated carbocycles. The molecule has 4 heterocycles. The predicted octanol–water partition coefficient (Wildman–Crippen LogP) is 3.10. The van der Waals surface area contributed by atoms with Gasteiger partial charge in [0.2, 0.25) is 5.95 Å². The van der Waals surface area contributed by atoms with Gasteiger partial charge < -0.3 is 14.3 Å². The van der Waals surface area contributed by atoms with E-state index in [-0.39, 0.29) is 11.3 Å². The van der Waals surface area contributed by atoms with E-state index < -0.39 is 0 Å². The topological polar surface area (TPSA) is 75.4 Å². The van der Waals surface area contributed by atoms with E-state index >= 15 is 0 Å². The molecule has 142 valence electrons. The number of hydrogen-bond acceptors (Lipinski definition) is 6. The van der Waals surface area contributed by atoms with Crippen LogP contribution in [0.4, 0.5) is 11.6 Å². The Morgan fingerprint density at radius 1 is 1.11 bits per heavy atom. The van der Waals surface area contributed by atoms with Crippen LogP contribution in [-0.2, 0) is 5.41 Å². The lowest BCUT2D eigenvalue weighted by Gasteiger charge is -2.39. The zero-order chi connectivity index (χ0) is 19.1. The quantitative estimate of drug-likeness (QED) is 0.685. The molecule has 0 bridgehead atoms. The molecule has 1 spiro atoms. The smallest absolute Gasteiger partial charge is 0.259 e. The van der Waals surface area contributed by atoms with Gasteiger partial charge in [-0.3, -0.25) is 4.79 Å². The third-order valence-electron chi connectivity index (χ3n) is 6.01. The fraction of sp³-hybridized carbons (Fsp3) is 0.333. The summed E-state index contributed by atoms with van der Waals surface area (Å²) < 4.78 is 5.06. The van der Waals surface area contributed by atoms with Crippen LogP contribution in [0, 0.1) is 6.92 Å². The normalized spacial score (nSPS) is 17.8. The molecule has 1 amide bonds. The molecule has 0 unspecified atom stereocenters. The van der Waals surface area contributed by atoms with E-state index in [1.54, 1.807) is 19.3 Å². The lowest BCUT2D eigenvalue weighted by atomic mass is 9.74. The van der Waals surface area contributed by atoms with Crippen molar-refractivity contribution < 1.29 is 9.32 Å². The number of aromatic nitrogens is 3. The highest BCUT2D eigenvalue weighted by Crippen LogP contribution is 2.48. The van der Waals surface area contributed by atoms with Gasteiger partial charge in [-0.1, -0.05) is 23.4 Å². The number of anilines is 2. The van der Waals surface area contributed by atoms with Gasteiger partial charge in [0.15, 0.2) is 0 Å². The molecule has 7 nitrogen and oxygen atoms in total. The number of aryl methyl sites for hydroxylation is 1. The fourth-order valence-corrected chi connectivity index (χ4v) is 4.48. The summed E-state index contributed by atoms with van der Waals surface area (Å²) in [6, 6.07) is 10.3.